The van der Waals surface area contributed by atoms with Gasteiger partial charge in [-0.15, -0.1) is 11.3 Å². The topological polar surface area (TPSA) is 70.2 Å². The van der Waals surface area contributed by atoms with Crippen molar-refractivity contribution in [1.82, 2.24) is 15.5 Å². The van der Waals surface area contributed by atoms with Gasteiger partial charge in [0, 0.05) is 18.7 Å². The zero-order chi connectivity index (χ0) is 15.9. The molecule has 0 radical (unpaired) electrons. The molecule has 0 saturated carbocycles. The number of rotatable bonds is 8. The lowest BCUT2D eigenvalue weighted by Crippen LogP contribution is -2.31. The third-order valence-corrected chi connectivity index (χ3v) is 4.25. The van der Waals surface area contributed by atoms with Crippen LogP contribution in [-0.2, 0) is 6.54 Å². The molecule has 0 unspecified atom stereocenters. The van der Waals surface area contributed by atoms with Crippen molar-refractivity contribution in [3.05, 3.63) is 59.6 Å². The maximum atomic E-state index is 9.98. The van der Waals surface area contributed by atoms with Crippen LogP contribution >= 0.6 is 11.3 Å². The predicted molar refractivity (Wildman–Crippen MR) is 91.6 cm³/mol. The number of hydrogen-bond acceptors (Lipinski definition) is 5. The molecule has 23 heavy (non-hydrogen) atoms. The van der Waals surface area contributed by atoms with Gasteiger partial charge in [-0.1, -0.05) is 24.3 Å². The fraction of sp³-hybridized carbons (Fsp3) is 0.235. The second-order valence-electron chi connectivity index (χ2n) is 5.16. The zero-order valence-electron chi connectivity index (χ0n) is 12.6. The molecular formula is C17H19N3O2S. The van der Waals surface area contributed by atoms with Crippen molar-refractivity contribution < 1.29 is 9.84 Å². The summed E-state index contributed by atoms with van der Waals surface area (Å²) in [6.07, 6.45) is 1.25. The standard InChI is InChI=1S/C17H19N3O2S/c21-14(12-22-15-5-2-1-3-6-15)11-18-9-13-10-19-20-17(13)16-7-4-8-23-16/h1-8,10,14,18,21H,9,11-12H2,(H,19,20)/t14-/m0/s1. The van der Waals surface area contributed by atoms with Crippen LogP contribution in [0.25, 0.3) is 10.6 Å². The van der Waals surface area contributed by atoms with E-state index in [0.717, 1.165) is 21.9 Å². The first-order valence-corrected chi connectivity index (χ1v) is 8.33. The quantitative estimate of drug-likeness (QED) is 0.594. The van der Waals surface area contributed by atoms with Crippen LogP contribution in [0.15, 0.2) is 54.0 Å². The number of thiophene rings is 1. The first kappa shape index (κ1) is 15.7. The van der Waals surface area contributed by atoms with Crippen LogP contribution in [0.3, 0.4) is 0 Å². The molecule has 120 valence electrons. The maximum absolute atomic E-state index is 9.98. The molecule has 2 heterocycles. The number of nitrogens with one attached hydrogen (secondary N) is 2. The van der Waals surface area contributed by atoms with E-state index in [1.165, 1.54) is 0 Å². The Morgan fingerprint density at radius 2 is 2.09 bits per heavy atom. The van der Waals surface area contributed by atoms with E-state index in [0.29, 0.717) is 13.1 Å². The van der Waals surface area contributed by atoms with E-state index in [4.69, 9.17) is 4.74 Å². The molecule has 0 saturated heterocycles. The fourth-order valence-electron chi connectivity index (χ4n) is 2.22. The molecule has 0 fully saturated rings. The molecule has 1 aromatic carbocycles. The summed E-state index contributed by atoms with van der Waals surface area (Å²) in [5, 5.41) is 22.4. The van der Waals surface area contributed by atoms with Crippen molar-refractivity contribution in [2.75, 3.05) is 13.2 Å². The van der Waals surface area contributed by atoms with Crippen LogP contribution in [0, 0.1) is 0 Å². The monoisotopic (exact) mass is 329 g/mol. The summed E-state index contributed by atoms with van der Waals surface area (Å²) in [6, 6.07) is 13.6. The highest BCUT2D eigenvalue weighted by atomic mass is 32.1. The Kier molecular flexibility index (Phi) is 5.42. The number of aliphatic hydroxyl groups excluding tert-OH is 1. The molecule has 0 amide bonds. The van der Waals surface area contributed by atoms with E-state index in [-0.39, 0.29) is 6.61 Å². The molecule has 3 aromatic rings. The Bertz CT molecular complexity index is 698. The van der Waals surface area contributed by atoms with Crippen molar-refractivity contribution in [3.63, 3.8) is 0 Å². The van der Waals surface area contributed by atoms with Gasteiger partial charge in [-0.25, -0.2) is 0 Å². The number of aliphatic hydroxyl groups is 1. The van der Waals surface area contributed by atoms with Crippen molar-refractivity contribution in [3.8, 4) is 16.3 Å². The van der Waals surface area contributed by atoms with E-state index >= 15 is 0 Å². The van der Waals surface area contributed by atoms with Gasteiger partial charge >= 0.3 is 0 Å². The second kappa shape index (κ2) is 7.92. The minimum absolute atomic E-state index is 0.264. The van der Waals surface area contributed by atoms with Gasteiger partial charge in [-0.2, -0.15) is 5.10 Å². The van der Waals surface area contributed by atoms with Gasteiger partial charge < -0.3 is 15.2 Å². The SMILES string of the molecule is O[C@@H](CNCc1cn[nH]c1-c1cccs1)COc1ccccc1. The predicted octanol–water partition coefficient (Wildman–Crippen LogP) is 2.67. The average Bonchev–Trinajstić information content (AvgIpc) is 3.25. The van der Waals surface area contributed by atoms with E-state index in [2.05, 4.69) is 21.6 Å². The Balaban J connectivity index is 1.44. The minimum atomic E-state index is -0.563. The molecule has 0 aliphatic heterocycles. The largest absolute Gasteiger partial charge is 0.491 e. The van der Waals surface area contributed by atoms with Crippen LogP contribution in [0.4, 0.5) is 0 Å². The third kappa shape index (κ3) is 4.41. The summed E-state index contributed by atoms with van der Waals surface area (Å²) >= 11 is 1.67. The van der Waals surface area contributed by atoms with Crippen LogP contribution < -0.4 is 10.1 Å². The van der Waals surface area contributed by atoms with Crippen molar-refractivity contribution in [2.24, 2.45) is 0 Å². The van der Waals surface area contributed by atoms with Gasteiger partial charge in [0.2, 0.25) is 0 Å². The minimum Gasteiger partial charge on any atom is -0.491 e. The van der Waals surface area contributed by atoms with Crippen LogP contribution in [0.5, 0.6) is 5.75 Å². The number of ether oxygens (including phenoxy) is 1. The summed E-state index contributed by atoms with van der Waals surface area (Å²) in [6.45, 7) is 1.37. The normalized spacial score (nSPS) is 12.2. The van der Waals surface area contributed by atoms with Crippen LogP contribution in [-0.4, -0.2) is 34.6 Å². The fourth-order valence-corrected chi connectivity index (χ4v) is 2.98. The van der Waals surface area contributed by atoms with E-state index in [1.54, 1.807) is 11.3 Å². The summed E-state index contributed by atoms with van der Waals surface area (Å²) in [7, 11) is 0. The summed E-state index contributed by atoms with van der Waals surface area (Å²) in [5.41, 5.74) is 2.12. The molecule has 0 spiro atoms. The lowest BCUT2D eigenvalue weighted by molar-refractivity contribution is 0.106. The second-order valence-corrected chi connectivity index (χ2v) is 6.10. The van der Waals surface area contributed by atoms with Crippen molar-refractivity contribution >= 4 is 11.3 Å². The van der Waals surface area contributed by atoms with Crippen LogP contribution in [0.1, 0.15) is 5.56 Å². The highest BCUT2D eigenvalue weighted by Gasteiger charge is 2.10. The summed E-state index contributed by atoms with van der Waals surface area (Å²) < 4.78 is 5.53. The van der Waals surface area contributed by atoms with E-state index < -0.39 is 6.10 Å². The van der Waals surface area contributed by atoms with E-state index in [1.807, 2.05) is 48.0 Å². The molecule has 0 aliphatic carbocycles. The van der Waals surface area contributed by atoms with Crippen LogP contribution in [0.2, 0.25) is 0 Å². The number of H-pyrrole nitrogens is 1. The summed E-state index contributed by atoms with van der Waals surface area (Å²) in [4.78, 5) is 1.16. The van der Waals surface area contributed by atoms with Gasteiger partial charge in [-0.3, -0.25) is 5.10 Å². The summed E-state index contributed by atoms with van der Waals surface area (Å²) in [5.74, 6) is 0.765. The molecule has 0 aliphatic rings. The van der Waals surface area contributed by atoms with Crippen molar-refractivity contribution in [2.45, 2.75) is 12.6 Å². The smallest absolute Gasteiger partial charge is 0.119 e. The lowest BCUT2D eigenvalue weighted by atomic mass is 10.2. The molecule has 1 atom stereocenters. The highest BCUT2D eigenvalue weighted by Crippen LogP contribution is 2.25. The molecule has 3 N–H and O–H groups in total. The number of nitrogens with zero attached hydrogens (tertiary/aromatic N) is 1. The number of aromatic amines is 1. The number of aromatic nitrogens is 2. The third-order valence-electron chi connectivity index (χ3n) is 3.37. The van der Waals surface area contributed by atoms with Gasteiger partial charge in [0.1, 0.15) is 18.5 Å². The zero-order valence-corrected chi connectivity index (χ0v) is 13.4. The molecular weight excluding hydrogens is 310 g/mol. The number of benzene rings is 1. The maximum Gasteiger partial charge on any atom is 0.119 e. The molecule has 3 rings (SSSR count). The molecule has 0 bridgehead atoms. The first-order chi connectivity index (χ1) is 11.3. The van der Waals surface area contributed by atoms with Gasteiger partial charge in [-0.05, 0) is 23.6 Å². The lowest BCUT2D eigenvalue weighted by Gasteiger charge is -2.13. The van der Waals surface area contributed by atoms with E-state index in [9.17, 15) is 5.11 Å². The Labute approximate surface area is 139 Å². The number of hydrogen-bond donors (Lipinski definition) is 3. The van der Waals surface area contributed by atoms with Gasteiger partial charge in [0.25, 0.3) is 0 Å². The first-order valence-electron chi connectivity index (χ1n) is 7.45. The highest BCUT2D eigenvalue weighted by molar-refractivity contribution is 7.13. The van der Waals surface area contributed by atoms with Gasteiger partial charge in [0.05, 0.1) is 16.8 Å². The Morgan fingerprint density at radius 3 is 2.87 bits per heavy atom. The van der Waals surface area contributed by atoms with Crippen molar-refractivity contribution in [1.29, 1.82) is 0 Å². The Hall–Kier alpha value is -2.15. The average molecular weight is 329 g/mol. The molecule has 2 aromatic heterocycles. The molecule has 5 nitrogen and oxygen atoms in total. The number of para-hydroxylation sites is 1. The van der Waals surface area contributed by atoms with Gasteiger partial charge in [0.15, 0.2) is 0 Å². The molecule has 6 heteroatoms. The Morgan fingerprint density at radius 1 is 1.22 bits per heavy atom.